The van der Waals surface area contributed by atoms with E-state index in [1.54, 1.807) is 24.3 Å². The minimum absolute atomic E-state index is 0. The van der Waals surface area contributed by atoms with Crippen LogP contribution in [0.2, 0.25) is 0 Å². The van der Waals surface area contributed by atoms with Crippen molar-refractivity contribution in [3.05, 3.63) is 54.6 Å². The van der Waals surface area contributed by atoms with Crippen LogP contribution in [0.15, 0.2) is 54.6 Å². The third-order valence-electron chi connectivity index (χ3n) is 4.44. The summed E-state index contributed by atoms with van der Waals surface area (Å²) < 4.78 is 0. The van der Waals surface area contributed by atoms with Gasteiger partial charge in [0, 0.05) is 29.0 Å². The first-order chi connectivity index (χ1) is 12.6. The fraction of sp³-hybridized carbons (Fsp3) is 0.300. The van der Waals surface area contributed by atoms with Crippen LogP contribution in [0.3, 0.4) is 0 Å². The Labute approximate surface area is 165 Å². The summed E-state index contributed by atoms with van der Waals surface area (Å²) in [4.78, 5) is 24.3. The van der Waals surface area contributed by atoms with Crippen LogP contribution in [-0.2, 0) is 4.79 Å². The largest absolute Gasteiger partial charge is 0.326 e. The van der Waals surface area contributed by atoms with Crippen molar-refractivity contribution >= 4 is 41.4 Å². The van der Waals surface area contributed by atoms with Gasteiger partial charge in [-0.1, -0.05) is 18.2 Å². The van der Waals surface area contributed by atoms with Gasteiger partial charge in [0.25, 0.3) is 0 Å². The number of piperidine rings is 1. The van der Waals surface area contributed by atoms with Gasteiger partial charge in [-0.15, -0.1) is 12.4 Å². The van der Waals surface area contributed by atoms with Gasteiger partial charge in [0.15, 0.2) is 0 Å². The van der Waals surface area contributed by atoms with Crippen molar-refractivity contribution in [1.29, 1.82) is 0 Å². The predicted octanol–water partition coefficient (Wildman–Crippen LogP) is 4.08. The van der Waals surface area contributed by atoms with Crippen molar-refractivity contribution in [2.24, 2.45) is 5.92 Å². The van der Waals surface area contributed by atoms with E-state index in [0.29, 0.717) is 11.7 Å². The lowest BCUT2D eigenvalue weighted by Crippen LogP contribution is -2.40. The van der Waals surface area contributed by atoms with Crippen molar-refractivity contribution in [2.75, 3.05) is 22.5 Å². The molecule has 0 aromatic heterocycles. The summed E-state index contributed by atoms with van der Waals surface area (Å²) in [6, 6.07) is 16.4. The first kappa shape index (κ1) is 20.7. The maximum atomic E-state index is 12.4. The van der Waals surface area contributed by atoms with Crippen molar-refractivity contribution in [2.45, 2.75) is 25.8 Å². The van der Waals surface area contributed by atoms with E-state index in [9.17, 15) is 9.59 Å². The van der Waals surface area contributed by atoms with Gasteiger partial charge >= 0.3 is 6.03 Å². The number of amides is 3. The number of para-hydroxylation sites is 1. The average Bonchev–Trinajstić information content (AvgIpc) is 2.64. The van der Waals surface area contributed by atoms with Gasteiger partial charge in [0.1, 0.15) is 0 Å². The molecule has 144 valence electrons. The number of carbonyl (C=O) groups excluding carboxylic acids is 2. The second-order valence-corrected chi connectivity index (χ2v) is 6.59. The van der Waals surface area contributed by atoms with Gasteiger partial charge in [-0.2, -0.15) is 0 Å². The number of urea groups is 1. The molecule has 3 amide bonds. The average molecular weight is 389 g/mol. The number of carbonyl (C=O) groups is 2. The number of halogens is 1. The summed E-state index contributed by atoms with van der Waals surface area (Å²) in [7, 11) is 0. The summed E-state index contributed by atoms with van der Waals surface area (Å²) in [5.41, 5.74) is 2.12. The molecule has 0 radical (unpaired) electrons. The van der Waals surface area contributed by atoms with Crippen LogP contribution in [0.1, 0.15) is 19.8 Å². The molecule has 3 rings (SSSR count). The number of nitrogens with one attached hydrogen (secondary N) is 4. The molecule has 0 aliphatic carbocycles. The topological polar surface area (TPSA) is 82.3 Å². The molecule has 2 aromatic carbocycles. The first-order valence-electron chi connectivity index (χ1n) is 8.87. The summed E-state index contributed by atoms with van der Waals surface area (Å²) in [5, 5.41) is 11.8. The maximum absolute atomic E-state index is 12.4. The molecule has 7 heteroatoms. The van der Waals surface area contributed by atoms with E-state index < -0.39 is 0 Å². The van der Waals surface area contributed by atoms with Crippen molar-refractivity contribution in [3.8, 4) is 0 Å². The molecule has 1 fully saturated rings. The Morgan fingerprint density at radius 2 is 1.44 bits per heavy atom. The molecule has 1 aliphatic rings. The zero-order valence-electron chi connectivity index (χ0n) is 15.2. The van der Waals surface area contributed by atoms with Crippen LogP contribution < -0.4 is 21.3 Å². The minimum atomic E-state index is -0.309. The second-order valence-electron chi connectivity index (χ2n) is 6.59. The number of benzene rings is 2. The summed E-state index contributed by atoms with van der Waals surface area (Å²) in [6.45, 7) is 2.97. The minimum Gasteiger partial charge on any atom is -0.326 e. The lowest BCUT2D eigenvalue weighted by atomic mass is 9.92. The Bertz CT molecular complexity index is 752. The van der Waals surface area contributed by atoms with Gasteiger partial charge in [0.05, 0.1) is 0 Å². The lowest BCUT2D eigenvalue weighted by Gasteiger charge is -2.27. The van der Waals surface area contributed by atoms with Crippen LogP contribution in [0, 0.1) is 5.92 Å². The molecule has 0 unspecified atom stereocenters. The third-order valence-corrected chi connectivity index (χ3v) is 4.44. The first-order valence-corrected chi connectivity index (χ1v) is 8.87. The quantitative estimate of drug-likeness (QED) is 0.637. The predicted molar refractivity (Wildman–Crippen MR) is 112 cm³/mol. The summed E-state index contributed by atoms with van der Waals surface area (Å²) in [6.07, 6.45) is 1.71. The van der Waals surface area contributed by atoms with Gasteiger partial charge in [-0.05, 0) is 62.7 Å². The molecular weight excluding hydrogens is 364 g/mol. The van der Waals surface area contributed by atoms with Crippen LogP contribution in [-0.4, -0.2) is 24.5 Å². The Kier molecular flexibility index (Phi) is 7.64. The van der Waals surface area contributed by atoms with E-state index >= 15 is 0 Å². The molecular formula is C20H25ClN4O2. The molecule has 4 N–H and O–H groups in total. The van der Waals surface area contributed by atoms with Gasteiger partial charge in [0.2, 0.25) is 5.91 Å². The third kappa shape index (κ3) is 6.27. The fourth-order valence-corrected chi connectivity index (χ4v) is 3.07. The summed E-state index contributed by atoms with van der Waals surface area (Å²) in [5.74, 6) is 0.0987. The van der Waals surface area contributed by atoms with E-state index in [1.807, 2.05) is 30.3 Å². The van der Waals surface area contributed by atoms with Gasteiger partial charge < -0.3 is 21.3 Å². The number of rotatable bonds is 4. The zero-order chi connectivity index (χ0) is 18.4. The zero-order valence-corrected chi connectivity index (χ0v) is 16.0. The van der Waals surface area contributed by atoms with Crippen molar-refractivity contribution in [1.82, 2.24) is 5.32 Å². The summed E-state index contributed by atoms with van der Waals surface area (Å²) >= 11 is 0. The number of hydrogen-bond donors (Lipinski definition) is 4. The molecule has 0 spiro atoms. The molecule has 2 aromatic rings. The molecule has 1 saturated heterocycles. The monoisotopic (exact) mass is 388 g/mol. The van der Waals surface area contributed by atoms with E-state index in [4.69, 9.17) is 0 Å². The Morgan fingerprint density at radius 1 is 0.889 bits per heavy atom. The van der Waals surface area contributed by atoms with E-state index in [0.717, 1.165) is 30.8 Å². The Morgan fingerprint density at radius 3 is 2.04 bits per heavy atom. The molecule has 1 heterocycles. The van der Waals surface area contributed by atoms with Crippen LogP contribution in [0.4, 0.5) is 21.9 Å². The van der Waals surface area contributed by atoms with Gasteiger partial charge in [-0.25, -0.2) is 4.79 Å². The second kappa shape index (κ2) is 9.94. The number of anilines is 3. The molecule has 27 heavy (non-hydrogen) atoms. The van der Waals surface area contributed by atoms with E-state index in [2.05, 4.69) is 28.2 Å². The maximum Gasteiger partial charge on any atom is 0.323 e. The van der Waals surface area contributed by atoms with Crippen molar-refractivity contribution < 1.29 is 9.59 Å². The molecule has 0 bridgehead atoms. The fourth-order valence-electron chi connectivity index (χ4n) is 3.07. The van der Waals surface area contributed by atoms with E-state index in [-0.39, 0.29) is 30.3 Å². The number of hydrogen-bond acceptors (Lipinski definition) is 3. The highest BCUT2D eigenvalue weighted by molar-refractivity contribution is 6.00. The van der Waals surface area contributed by atoms with Gasteiger partial charge in [-0.3, -0.25) is 4.79 Å². The highest BCUT2D eigenvalue weighted by Gasteiger charge is 2.24. The Balaban J connectivity index is 0.00000261. The normalized spacial score (nSPS) is 18.7. The van der Waals surface area contributed by atoms with E-state index in [1.165, 1.54) is 0 Å². The highest BCUT2D eigenvalue weighted by atomic mass is 35.5. The standard InChI is InChI=1S/C20H24N4O2.ClH/c1-14-13-15(11-12-21-14)19(25)22-17-7-9-18(10-8-17)24-20(26)23-16-5-3-2-4-6-16;/h2-10,14-15,21H,11-13H2,1H3,(H,22,25)(H2,23,24,26);1H/t14-,15-;/m0./s1. The lowest BCUT2D eigenvalue weighted by molar-refractivity contribution is -0.120. The van der Waals surface area contributed by atoms with Crippen LogP contribution in [0.5, 0.6) is 0 Å². The van der Waals surface area contributed by atoms with Crippen molar-refractivity contribution in [3.63, 3.8) is 0 Å². The van der Waals surface area contributed by atoms with Crippen LogP contribution in [0.25, 0.3) is 0 Å². The smallest absolute Gasteiger partial charge is 0.323 e. The Hall–Kier alpha value is -2.57. The molecule has 2 atom stereocenters. The molecule has 0 saturated carbocycles. The molecule has 1 aliphatic heterocycles. The SMILES string of the molecule is C[C@H]1C[C@@H](C(=O)Nc2ccc(NC(=O)Nc3ccccc3)cc2)CCN1.Cl. The molecule has 6 nitrogen and oxygen atoms in total. The highest BCUT2D eigenvalue weighted by Crippen LogP contribution is 2.20. The van der Waals surface area contributed by atoms with Crippen LogP contribution >= 0.6 is 12.4 Å².